The van der Waals surface area contributed by atoms with Gasteiger partial charge in [0.05, 0.1) is 6.54 Å². The molecule has 2 aromatic carbocycles. The van der Waals surface area contributed by atoms with E-state index < -0.39 is 6.09 Å². The van der Waals surface area contributed by atoms with Crippen LogP contribution in [0.2, 0.25) is 0 Å². The monoisotopic (exact) mass is 278 g/mol. The molecule has 1 heterocycles. The third-order valence-electron chi connectivity index (χ3n) is 3.89. The Balaban J connectivity index is 2.37. The Morgan fingerprint density at radius 2 is 2.00 bits per heavy atom. The number of nitrogens with zero attached hydrogens (tertiary/aromatic N) is 1. The SMILES string of the molecule is O=C(O)[N+]1(CCl)CCc2c1cc(O)c1ccccc21. The van der Waals surface area contributed by atoms with Gasteiger partial charge < -0.3 is 10.2 Å². The van der Waals surface area contributed by atoms with Crippen molar-refractivity contribution in [2.75, 3.05) is 12.5 Å². The van der Waals surface area contributed by atoms with Crippen LogP contribution in [0.25, 0.3) is 10.8 Å². The Morgan fingerprint density at radius 1 is 1.32 bits per heavy atom. The fraction of sp³-hybridized carbons (Fsp3) is 0.214. The number of fused-ring (bicyclic) bond motifs is 3. The van der Waals surface area contributed by atoms with Crippen molar-refractivity contribution in [2.24, 2.45) is 0 Å². The molecule has 1 aliphatic heterocycles. The molecule has 5 heteroatoms. The first-order valence-corrected chi connectivity index (χ1v) is 6.54. The van der Waals surface area contributed by atoms with Crippen LogP contribution in [0, 0.1) is 0 Å². The van der Waals surface area contributed by atoms with Crippen LogP contribution in [0.15, 0.2) is 30.3 Å². The third kappa shape index (κ3) is 1.54. The number of aromatic hydroxyl groups is 1. The highest BCUT2D eigenvalue weighted by molar-refractivity contribution is 6.20. The van der Waals surface area contributed by atoms with Crippen LogP contribution in [0.1, 0.15) is 5.56 Å². The highest BCUT2D eigenvalue weighted by Crippen LogP contribution is 2.43. The Hall–Kier alpha value is -1.78. The molecule has 0 saturated heterocycles. The molecule has 1 unspecified atom stereocenters. The number of benzene rings is 2. The van der Waals surface area contributed by atoms with Gasteiger partial charge in [0.2, 0.25) is 0 Å². The van der Waals surface area contributed by atoms with Crippen LogP contribution in [0.5, 0.6) is 5.75 Å². The fourth-order valence-corrected chi connectivity index (χ4v) is 3.19. The predicted molar refractivity (Wildman–Crippen MR) is 74.7 cm³/mol. The molecule has 0 aromatic heterocycles. The van der Waals surface area contributed by atoms with E-state index in [1.807, 2.05) is 24.3 Å². The fourth-order valence-electron chi connectivity index (χ4n) is 2.84. The standard InChI is InChI=1S/C14H12ClNO3/c15-8-16(14(18)19)6-5-10-9-3-1-2-4-11(9)13(17)7-12(10)16/h1-4,7H,5-6,8H2,(H-,17,18,19)/p+1. The second-order valence-electron chi connectivity index (χ2n) is 4.78. The summed E-state index contributed by atoms with van der Waals surface area (Å²) < 4.78 is -0.324. The summed E-state index contributed by atoms with van der Waals surface area (Å²) in [7, 11) is 0. The quantitative estimate of drug-likeness (QED) is 0.478. The second-order valence-corrected chi connectivity index (χ2v) is 5.02. The lowest BCUT2D eigenvalue weighted by atomic mass is 10.0. The van der Waals surface area contributed by atoms with Crippen LogP contribution in [-0.2, 0) is 6.42 Å². The minimum Gasteiger partial charge on any atom is -0.507 e. The number of carbonyl (C=O) groups is 1. The molecule has 3 rings (SSSR count). The lowest BCUT2D eigenvalue weighted by Gasteiger charge is -2.25. The first kappa shape index (κ1) is 12.3. The van der Waals surface area contributed by atoms with Gasteiger partial charge in [-0.2, -0.15) is 9.28 Å². The van der Waals surface area contributed by atoms with Crippen molar-refractivity contribution < 1.29 is 15.0 Å². The van der Waals surface area contributed by atoms with E-state index in [1.165, 1.54) is 0 Å². The topological polar surface area (TPSA) is 57.5 Å². The number of halogens is 1. The number of rotatable bonds is 1. The zero-order chi connectivity index (χ0) is 13.6. The Morgan fingerprint density at radius 3 is 2.63 bits per heavy atom. The van der Waals surface area contributed by atoms with Gasteiger partial charge in [0, 0.05) is 23.4 Å². The van der Waals surface area contributed by atoms with E-state index in [4.69, 9.17) is 11.6 Å². The molecular weight excluding hydrogens is 266 g/mol. The first-order chi connectivity index (χ1) is 9.10. The molecular formula is C14H13ClNO3+. The van der Waals surface area contributed by atoms with E-state index in [1.54, 1.807) is 6.07 Å². The minimum atomic E-state index is -0.983. The molecule has 1 amide bonds. The summed E-state index contributed by atoms with van der Waals surface area (Å²) in [4.78, 5) is 11.6. The molecule has 0 spiro atoms. The van der Waals surface area contributed by atoms with Gasteiger partial charge in [-0.25, -0.2) is 0 Å². The van der Waals surface area contributed by atoms with E-state index in [9.17, 15) is 15.0 Å². The van der Waals surface area contributed by atoms with Crippen molar-refractivity contribution in [1.29, 1.82) is 0 Å². The lowest BCUT2D eigenvalue weighted by Crippen LogP contribution is -2.51. The van der Waals surface area contributed by atoms with Crippen molar-refractivity contribution in [3.05, 3.63) is 35.9 Å². The molecule has 2 N–H and O–H groups in total. The maximum atomic E-state index is 11.6. The number of hydrogen-bond acceptors (Lipinski definition) is 2. The number of amides is 1. The highest BCUT2D eigenvalue weighted by Gasteiger charge is 2.46. The van der Waals surface area contributed by atoms with Crippen molar-refractivity contribution in [3.8, 4) is 5.75 Å². The van der Waals surface area contributed by atoms with E-state index in [-0.39, 0.29) is 16.2 Å². The van der Waals surface area contributed by atoms with Gasteiger partial charge in [0.15, 0.2) is 11.7 Å². The summed E-state index contributed by atoms with van der Waals surface area (Å²) in [5.74, 6) is 0.102. The van der Waals surface area contributed by atoms with Gasteiger partial charge in [-0.3, -0.25) is 0 Å². The number of hydrogen-bond donors (Lipinski definition) is 2. The van der Waals surface area contributed by atoms with Gasteiger partial charge in [-0.15, -0.1) is 0 Å². The maximum absolute atomic E-state index is 11.6. The summed E-state index contributed by atoms with van der Waals surface area (Å²) in [5, 5.41) is 21.2. The van der Waals surface area contributed by atoms with Crippen LogP contribution >= 0.6 is 11.6 Å². The summed E-state index contributed by atoms with van der Waals surface area (Å²) in [5.41, 5.74) is 1.56. The Bertz CT molecular complexity index is 686. The average Bonchev–Trinajstić information content (AvgIpc) is 2.79. The molecule has 4 nitrogen and oxygen atoms in total. The molecule has 98 valence electrons. The number of alkyl halides is 1. The molecule has 1 aliphatic rings. The number of phenols is 1. The smallest absolute Gasteiger partial charge is 0.507 e. The van der Waals surface area contributed by atoms with Gasteiger partial charge in [-0.05, 0) is 5.39 Å². The molecule has 2 aromatic rings. The molecule has 0 aliphatic carbocycles. The van der Waals surface area contributed by atoms with Crippen molar-refractivity contribution in [2.45, 2.75) is 6.42 Å². The van der Waals surface area contributed by atoms with Gasteiger partial charge >= 0.3 is 6.09 Å². The first-order valence-electron chi connectivity index (χ1n) is 6.01. The summed E-state index contributed by atoms with van der Waals surface area (Å²) >= 11 is 5.90. The zero-order valence-corrected chi connectivity index (χ0v) is 10.9. The van der Waals surface area contributed by atoms with Crippen molar-refractivity contribution in [3.63, 3.8) is 0 Å². The van der Waals surface area contributed by atoms with E-state index in [0.717, 1.165) is 16.3 Å². The molecule has 0 fully saturated rings. The van der Waals surface area contributed by atoms with Crippen molar-refractivity contribution >= 4 is 34.2 Å². The lowest BCUT2D eigenvalue weighted by molar-refractivity contribution is 0.157. The third-order valence-corrected chi connectivity index (χ3v) is 4.29. The number of quaternary nitrogens is 1. The molecule has 0 saturated carbocycles. The Kier molecular flexibility index (Phi) is 2.66. The summed E-state index contributed by atoms with van der Waals surface area (Å²) in [6, 6.07) is 8.98. The maximum Gasteiger partial charge on any atom is 0.519 e. The summed E-state index contributed by atoms with van der Waals surface area (Å²) in [6.45, 7) is 0.418. The van der Waals surface area contributed by atoms with Crippen LogP contribution in [0.4, 0.5) is 10.5 Å². The normalized spacial score (nSPS) is 21.5. The number of phenolic OH excluding ortho intramolecular Hbond substituents is 1. The van der Waals surface area contributed by atoms with E-state index in [0.29, 0.717) is 18.7 Å². The zero-order valence-electron chi connectivity index (χ0n) is 10.1. The van der Waals surface area contributed by atoms with E-state index >= 15 is 0 Å². The largest absolute Gasteiger partial charge is 0.519 e. The molecule has 19 heavy (non-hydrogen) atoms. The van der Waals surface area contributed by atoms with Gasteiger partial charge in [0.25, 0.3) is 0 Å². The van der Waals surface area contributed by atoms with Crippen LogP contribution in [-0.4, -0.2) is 28.9 Å². The van der Waals surface area contributed by atoms with Gasteiger partial charge in [-0.1, -0.05) is 35.9 Å². The molecule has 0 bridgehead atoms. The summed E-state index contributed by atoms with van der Waals surface area (Å²) in [6.07, 6.45) is -0.335. The minimum absolute atomic E-state index is 0.0416. The second kappa shape index (κ2) is 4.11. The number of carboxylic acid groups (broad SMARTS) is 1. The van der Waals surface area contributed by atoms with Crippen LogP contribution < -0.4 is 4.48 Å². The molecule has 1 atom stereocenters. The van der Waals surface area contributed by atoms with E-state index in [2.05, 4.69) is 0 Å². The van der Waals surface area contributed by atoms with Crippen molar-refractivity contribution in [1.82, 2.24) is 4.48 Å². The Labute approximate surface area is 115 Å². The highest BCUT2D eigenvalue weighted by atomic mass is 35.5. The van der Waals surface area contributed by atoms with Crippen LogP contribution in [0.3, 0.4) is 0 Å². The average molecular weight is 279 g/mol. The molecule has 0 radical (unpaired) electrons. The van der Waals surface area contributed by atoms with Gasteiger partial charge in [0.1, 0.15) is 5.75 Å². The predicted octanol–water partition coefficient (Wildman–Crippen LogP) is 3.28.